The van der Waals surface area contributed by atoms with Crippen LogP contribution in [0.4, 0.5) is 0 Å². The van der Waals surface area contributed by atoms with Crippen molar-refractivity contribution in [3.05, 3.63) is 77.7 Å². The van der Waals surface area contributed by atoms with Gasteiger partial charge in [0.25, 0.3) is 0 Å². The summed E-state index contributed by atoms with van der Waals surface area (Å²) in [6.45, 7) is 6.25. The number of rotatable bonds is 0. The number of H-pyrrole nitrogens is 2. The van der Waals surface area contributed by atoms with Crippen LogP contribution < -0.4 is 0 Å². The second-order valence-electron chi connectivity index (χ2n) is 8.28. The Hall–Kier alpha value is -3.12. The van der Waals surface area contributed by atoms with Crippen molar-refractivity contribution >= 4 is 54.4 Å². The average molecular weight is 467 g/mol. The third-order valence-corrected chi connectivity index (χ3v) is 5.17. The van der Waals surface area contributed by atoms with Crippen LogP contribution in [0, 0.1) is 12.0 Å². The van der Waals surface area contributed by atoms with Crippen LogP contribution in [0.2, 0.25) is 19.6 Å². The zero-order chi connectivity index (χ0) is 21.1. The third kappa shape index (κ3) is 6.18. The third-order valence-electron chi connectivity index (χ3n) is 4.42. The molecule has 0 amide bonds. The standard InChI is InChI=1S/C20H14N4.C5H9Si.Co/c1-2-14-10-16-5-6-18(23-16)12-20-8-7-19(24-20)11-17-4-3-15(22-17)9-13(1)21-14;1-5-6(2,3)4;/h1-12,21-22H;2-4H3;/q;-1;. The average Bonchev–Trinajstić information content (AvgIpc) is 3.47. The number of hydrogen-bond acceptors (Lipinski definition) is 2. The number of hydrogen-bond donors (Lipinski definition) is 2. The summed E-state index contributed by atoms with van der Waals surface area (Å²) in [4.78, 5) is 16.0. The Bertz CT molecular complexity index is 1260. The van der Waals surface area contributed by atoms with E-state index < -0.39 is 8.07 Å². The van der Waals surface area contributed by atoms with E-state index in [0.29, 0.717) is 0 Å². The van der Waals surface area contributed by atoms with Crippen molar-refractivity contribution in [2.45, 2.75) is 19.6 Å². The molecule has 4 nitrogen and oxygen atoms in total. The SMILES string of the molecule is C1=Cc2cc3ccc(cc4ccc(cc5nc(cc1n2)C=C5)[nH]4)[nH]3.[C-]#C[Si](C)(C)C.[Co]. The molecular weight excluding hydrogens is 443 g/mol. The first-order chi connectivity index (χ1) is 14.4. The van der Waals surface area contributed by atoms with E-state index >= 15 is 0 Å². The fourth-order valence-corrected chi connectivity index (χ4v) is 2.94. The van der Waals surface area contributed by atoms with Crippen LogP contribution in [0.5, 0.6) is 0 Å². The van der Waals surface area contributed by atoms with Crippen molar-refractivity contribution < 1.29 is 16.8 Å². The summed E-state index contributed by atoms with van der Waals surface area (Å²) in [7, 11) is -1.21. The van der Waals surface area contributed by atoms with Gasteiger partial charge in [-0.1, -0.05) is 19.6 Å². The fourth-order valence-electron chi connectivity index (χ4n) is 2.94. The largest absolute Gasteiger partial charge is 0.701 e. The van der Waals surface area contributed by atoms with Crippen molar-refractivity contribution in [2.75, 3.05) is 0 Å². The Morgan fingerprint density at radius 1 is 0.645 bits per heavy atom. The van der Waals surface area contributed by atoms with Crippen molar-refractivity contribution in [3.63, 3.8) is 0 Å². The van der Waals surface area contributed by atoms with Crippen molar-refractivity contribution in [2.24, 2.45) is 0 Å². The number of fused-ring (bicyclic) bond motifs is 8. The van der Waals surface area contributed by atoms with Crippen LogP contribution in [-0.2, 0) is 16.8 Å². The van der Waals surface area contributed by atoms with Crippen LogP contribution in [0.25, 0.3) is 46.4 Å². The summed E-state index contributed by atoms with van der Waals surface area (Å²) in [6.07, 6.45) is 14.7. The van der Waals surface area contributed by atoms with Crippen molar-refractivity contribution in [3.8, 4) is 5.54 Å². The van der Waals surface area contributed by atoms with Crippen LogP contribution >= 0.6 is 0 Å². The molecule has 0 spiro atoms. The van der Waals surface area contributed by atoms with E-state index in [-0.39, 0.29) is 16.8 Å². The van der Waals surface area contributed by atoms with Gasteiger partial charge in [-0.25, -0.2) is 9.97 Å². The molecule has 2 aliphatic heterocycles. The molecule has 0 aromatic carbocycles. The molecule has 1 radical (unpaired) electrons. The van der Waals surface area contributed by atoms with Crippen molar-refractivity contribution in [1.82, 2.24) is 19.9 Å². The Morgan fingerprint density at radius 2 is 0.968 bits per heavy atom. The van der Waals surface area contributed by atoms with Gasteiger partial charge in [-0.2, -0.15) is 0 Å². The monoisotopic (exact) mass is 466 g/mol. The van der Waals surface area contributed by atoms with E-state index in [1.807, 2.05) is 42.5 Å². The summed E-state index contributed by atoms with van der Waals surface area (Å²) in [5.41, 5.74) is 10.4. The molecule has 5 heterocycles. The number of nitrogens with one attached hydrogen (secondary N) is 2. The molecule has 8 bridgehead atoms. The maximum Gasteiger partial charge on any atom is 0.0806 e. The van der Waals surface area contributed by atoms with E-state index in [9.17, 15) is 0 Å². The minimum absolute atomic E-state index is 0. The van der Waals surface area contributed by atoms with Gasteiger partial charge in [-0.05, 0) is 72.8 Å². The zero-order valence-electron chi connectivity index (χ0n) is 17.7. The van der Waals surface area contributed by atoms with E-state index in [2.05, 4.69) is 75.5 Å². The molecule has 0 fully saturated rings. The molecular formula is C25H23CoN4Si-. The predicted molar refractivity (Wildman–Crippen MR) is 129 cm³/mol. The van der Waals surface area contributed by atoms with Gasteiger partial charge in [0.05, 0.1) is 30.8 Å². The molecule has 6 heteroatoms. The second-order valence-corrected chi connectivity index (χ2v) is 13.0. The first-order valence-electron chi connectivity index (χ1n) is 9.85. The molecule has 0 unspecified atom stereocenters. The summed E-state index contributed by atoms with van der Waals surface area (Å²) in [5, 5.41) is 0. The van der Waals surface area contributed by atoms with E-state index in [0.717, 1.165) is 44.8 Å². The molecule has 5 rings (SSSR count). The molecule has 0 saturated heterocycles. The minimum atomic E-state index is -1.21. The Kier molecular flexibility index (Phi) is 6.81. The van der Waals surface area contributed by atoms with E-state index in [1.165, 1.54) is 0 Å². The van der Waals surface area contributed by atoms with Gasteiger partial charge < -0.3 is 21.9 Å². The zero-order valence-corrected chi connectivity index (χ0v) is 19.7. The van der Waals surface area contributed by atoms with Gasteiger partial charge in [0, 0.05) is 38.8 Å². The fraction of sp³-hybridized carbons (Fsp3) is 0.120. The Morgan fingerprint density at radius 3 is 1.32 bits per heavy atom. The molecule has 0 aliphatic carbocycles. The first kappa shape index (κ1) is 22.6. The molecule has 0 atom stereocenters. The van der Waals surface area contributed by atoms with Crippen LogP contribution in [0.3, 0.4) is 0 Å². The quantitative estimate of drug-likeness (QED) is 0.164. The molecule has 31 heavy (non-hydrogen) atoms. The molecule has 157 valence electrons. The smallest absolute Gasteiger partial charge is 0.0806 e. The van der Waals surface area contributed by atoms with Gasteiger partial charge >= 0.3 is 0 Å². The molecule has 2 aliphatic rings. The Labute approximate surface area is 193 Å². The molecule has 3 aromatic rings. The molecule has 0 saturated carbocycles. The van der Waals surface area contributed by atoms with Crippen LogP contribution in [-0.4, -0.2) is 28.0 Å². The van der Waals surface area contributed by atoms with Crippen LogP contribution in [0.1, 0.15) is 22.8 Å². The van der Waals surface area contributed by atoms with Gasteiger partial charge in [-0.3, -0.25) is 0 Å². The maximum atomic E-state index is 6.67. The van der Waals surface area contributed by atoms with E-state index in [4.69, 9.17) is 6.42 Å². The number of aromatic nitrogens is 4. The molecule has 2 N–H and O–H groups in total. The summed E-state index contributed by atoms with van der Waals surface area (Å²) < 4.78 is 0. The second kappa shape index (κ2) is 9.35. The summed E-state index contributed by atoms with van der Waals surface area (Å²) in [6, 6.07) is 16.4. The van der Waals surface area contributed by atoms with Gasteiger partial charge in [0.15, 0.2) is 0 Å². The summed E-state index contributed by atoms with van der Waals surface area (Å²) in [5.74, 6) is 0. The number of nitrogens with zero attached hydrogens (tertiary/aromatic N) is 2. The topological polar surface area (TPSA) is 57.4 Å². The normalized spacial score (nSPS) is 11.8. The molecule has 3 aromatic heterocycles. The maximum absolute atomic E-state index is 6.67. The van der Waals surface area contributed by atoms with E-state index in [1.54, 1.807) is 0 Å². The van der Waals surface area contributed by atoms with Gasteiger partial charge in [0.1, 0.15) is 0 Å². The van der Waals surface area contributed by atoms with Crippen molar-refractivity contribution in [1.29, 1.82) is 0 Å². The van der Waals surface area contributed by atoms with Gasteiger partial charge in [0.2, 0.25) is 0 Å². The number of aromatic amines is 2. The summed E-state index contributed by atoms with van der Waals surface area (Å²) >= 11 is 0. The van der Waals surface area contributed by atoms with Crippen LogP contribution in [0.15, 0.2) is 48.5 Å². The predicted octanol–water partition coefficient (Wildman–Crippen LogP) is 6.11. The Balaban J connectivity index is 0.000000346. The minimum Gasteiger partial charge on any atom is -0.701 e. The first-order valence-corrected chi connectivity index (χ1v) is 13.3. The van der Waals surface area contributed by atoms with Gasteiger partial charge in [-0.15, -0.1) is 0 Å².